The van der Waals surface area contributed by atoms with Crippen molar-refractivity contribution in [1.82, 2.24) is 9.97 Å². The molecule has 0 unspecified atom stereocenters. The van der Waals surface area contributed by atoms with Crippen LogP contribution in [0.4, 0.5) is 31.8 Å². The van der Waals surface area contributed by atoms with Crippen molar-refractivity contribution in [2.24, 2.45) is 0 Å². The van der Waals surface area contributed by atoms with Gasteiger partial charge in [-0.05, 0) is 31.2 Å². The minimum Gasteiger partial charge on any atom is -0.340 e. The number of halogens is 2. The Morgan fingerprint density at radius 3 is 2.00 bits per heavy atom. The summed E-state index contributed by atoms with van der Waals surface area (Å²) >= 11 is 0. The van der Waals surface area contributed by atoms with Crippen LogP contribution < -0.4 is 10.6 Å². The second-order valence-corrected chi connectivity index (χ2v) is 5.03. The number of aromatic nitrogens is 2. The maximum Gasteiger partial charge on any atom is 0.160 e. The summed E-state index contributed by atoms with van der Waals surface area (Å²) in [4.78, 5) is 8.20. The lowest BCUT2D eigenvalue weighted by atomic mass is 10.2. The van der Waals surface area contributed by atoms with Gasteiger partial charge in [-0.25, -0.2) is 18.7 Å². The summed E-state index contributed by atoms with van der Waals surface area (Å²) in [6.45, 7) is 2.01. The molecular formula is C17H14F2N4. The summed E-state index contributed by atoms with van der Waals surface area (Å²) in [7, 11) is 0. The van der Waals surface area contributed by atoms with Crippen molar-refractivity contribution in [3.63, 3.8) is 0 Å². The summed E-state index contributed by atoms with van der Waals surface area (Å²) in [5, 5.41) is 6.06. The van der Waals surface area contributed by atoms with Crippen molar-refractivity contribution < 1.29 is 8.78 Å². The fraction of sp³-hybridized carbons (Fsp3) is 0.0588. The maximum atomic E-state index is 13.2. The van der Waals surface area contributed by atoms with E-state index in [1.54, 1.807) is 6.07 Å². The quantitative estimate of drug-likeness (QED) is 0.742. The molecular weight excluding hydrogens is 298 g/mol. The number of aryl methyl sites for hydroxylation is 1. The van der Waals surface area contributed by atoms with E-state index in [-0.39, 0.29) is 0 Å². The molecule has 23 heavy (non-hydrogen) atoms. The summed E-state index contributed by atoms with van der Waals surface area (Å²) in [6, 6.07) is 13.1. The van der Waals surface area contributed by atoms with Gasteiger partial charge in [0, 0.05) is 23.5 Å². The lowest BCUT2D eigenvalue weighted by Crippen LogP contribution is -1.99. The molecule has 1 heterocycles. The van der Waals surface area contributed by atoms with Crippen molar-refractivity contribution in [2.45, 2.75) is 6.92 Å². The third-order valence-electron chi connectivity index (χ3n) is 3.18. The molecule has 0 saturated carbocycles. The Balaban J connectivity index is 1.76. The molecule has 0 spiro atoms. The molecule has 116 valence electrons. The van der Waals surface area contributed by atoms with Gasteiger partial charge in [0.1, 0.15) is 18.0 Å². The first-order valence-electron chi connectivity index (χ1n) is 6.98. The summed E-state index contributed by atoms with van der Waals surface area (Å²) in [5.74, 6) is -0.739. The Morgan fingerprint density at radius 1 is 0.739 bits per heavy atom. The van der Waals surface area contributed by atoms with Crippen LogP contribution in [0.2, 0.25) is 0 Å². The first-order valence-corrected chi connectivity index (χ1v) is 6.98. The van der Waals surface area contributed by atoms with Crippen LogP contribution in [-0.2, 0) is 0 Å². The molecule has 0 atom stereocenters. The zero-order valence-corrected chi connectivity index (χ0v) is 12.3. The van der Waals surface area contributed by atoms with Gasteiger partial charge in [-0.3, -0.25) is 0 Å². The van der Waals surface area contributed by atoms with Crippen LogP contribution in [0.15, 0.2) is 54.9 Å². The molecule has 0 saturated heterocycles. The SMILES string of the molecule is Cc1ccc(Nc2cc(Nc3ccc(F)c(F)c3)ncn2)cc1. The Labute approximate surface area is 132 Å². The van der Waals surface area contributed by atoms with Gasteiger partial charge in [0.2, 0.25) is 0 Å². The van der Waals surface area contributed by atoms with Crippen molar-refractivity contribution >= 4 is 23.0 Å². The number of hydrogen-bond donors (Lipinski definition) is 2. The number of hydrogen-bond acceptors (Lipinski definition) is 4. The van der Waals surface area contributed by atoms with Crippen LogP contribution in [0.1, 0.15) is 5.56 Å². The standard InChI is InChI=1S/C17H14F2N4/c1-11-2-4-12(5-3-11)22-16-9-17(21-10-20-16)23-13-6-7-14(18)15(19)8-13/h2-10H,1H3,(H2,20,21,22,23). The van der Waals surface area contributed by atoms with E-state index in [9.17, 15) is 8.78 Å². The van der Waals surface area contributed by atoms with E-state index in [0.29, 0.717) is 17.3 Å². The molecule has 0 aliphatic rings. The van der Waals surface area contributed by atoms with Crippen LogP contribution in [-0.4, -0.2) is 9.97 Å². The van der Waals surface area contributed by atoms with E-state index in [1.165, 1.54) is 18.0 Å². The molecule has 0 fully saturated rings. The number of rotatable bonds is 4. The summed E-state index contributed by atoms with van der Waals surface area (Å²) < 4.78 is 26.2. The van der Waals surface area contributed by atoms with Gasteiger partial charge < -0.3 is 10.6 Å². The third kappa shape index (κ3) is 3.79. The number of nitrogens with one attached hydrogen (secondary N) is 2. The highest BCUT2D eigenvalue weighted by Gasteiger charge is 2.04. The molecule has 6 heteroatoms. The van der Waals surface area contributed by atoms with Crippen LogP contribution in [0.5, 0.6) is 0 Å². The smallest absolute Gasteiger partial charge is 0.160 e. The Hall–Kier alpha value is -3.02. The van der Waals surface area contributed by atoms with E-state index < -0.39 is 11.6 Å². The molecule has 0 radical (unpaired) electrons. The van der Waals surface area contributed by atoms with Crippen LogP contribution in [0.3, 0.4) is 0 Å². The van der Waals surface area contributed by atoms with Gasteiger partial charge in [-0.1, -0.05) is 17.7 Å². The van der Waals surface area contributed by atoms with Crippen molar-refractivity contribution in [3.05, 3.63) is 72.1 Å². The molecule has 2 aromatic carbocycles. The van der Waals surface area contributed by atoms with Gasteiger partial charge in [-0.15, -0.1) is 0 Å². The van der Waals surface area contributed by atoms with Crippen LogP contribution >= 0.6 is 0 Å². The largest absolute Gasteiger partial charge is 0.340 e. The molecule has 3 aromatic rings. The zero-order valence-electron chi connectivity index (χ0n) is 12.3. The topological polar surface area (TPSA) is 49.8 Å². The summed E-state index contributed by atoms with van der Waals surface area (Å²) in [5.41, 5.74) is 2.47. The van der Waals surface area contributed by atoms with E-state index >= 15 is 0 Å². The summed E-state index contributed by atoms with van der Waals surface area (Å²) in [6.07, 6.45) is 1.39. The second-order valence-electron chi connectivity index (χ2n) is 5.03. The monoisotopic (exact) mass is 312 g/mol. The van der Waals surface area contributed by atoms with Gasteiger partial charge in [0.25, 0.3) is 0 Å². The molecule has 0 bridgehead atoms. The van der Waals surface area contributed by atoms with Gasteiger partial charge >= 0.3 is 0 Å². The molecule has 1 aromatic heterocycles. The Kier molecular flexibility index (Phi) is 4.14. The van der Waals surface area contributed by atoms with Crippen molar-refractivity contribution in [1.29, 1.82) is 0 Å². The highest BCUT2D eigenvalue weighted by Crippen LogP contribution is 2.20. The predicted octanol–water partition coefficient (Wildman–Crippen LogP) is 4.55. The molecule has 0 amide bonds. The number of nitrogens with zero attached hydrogens (tertiary/aromatic N) is 2. The van der Waals surface area contributed by atoms with E-state index in [1.807, 2.05) is 31.2 Å². The average molecular weight is 312 g/mol. The average Bonchev–Trinajstić information content (AvgIpc) is 2.54. The molecule has 3 rings (SSSR count). The Morgan fingerprint density at radius 2 is 1.35 bits per heavy atom. The molecule has 0 aliphatic heterocycles. The van der Waals surface area contributed by atoms with Crippen LogP contribution in [0.25, 0.3) is 0 Å². The lowest BCUT2D eigenvalue weighted by molar-refractivity contribution is 0.509. The third-order valence-corrected chi connectivity index (χ3v) is 3.18. The van der Waals surface area contributed by atoms with E-state index in [4.69, 9.17) is 0 Å². The predicted molar refractivity (Wildman–Crippen MR) is 86.1 cm³/mol. The van der Waals surface area contributed by atoms with Gasteiger partial charge in [-0.2, -0.15) is 0 Å². The van der Waals surface area contributed by atoms with Gasteiger partial charge in [0.05, 0.1) is 0 Å². The Bertz CT molecular complexity index is 819. The fourth-order valence-electron chi connectivity index (χ4n) is 2.00. The first kappa shape index (κ1) is 14.9. The zero-order chi connectivity index (χ0) is 16.2. The highest BCUT2D eigenvalue weighted by atomic mass is 19.2. The van der Waals surface area contributed by atoms with Crippen molar-refractivity contribution in [3.8, 4) is 0 Å². The number of benzene rings is 2. The van der Waals surface area contributed by atoms with Gasteiger partial charge in [0.15, 0.2) is 11.6 Å². The normalized spacial score (nSPS) is 10.4. The maximum absolute atomic E-state index is 13.2. The highest BCUT2D eigenvalue weighted by molar-refractivity contribution is 5.62. The van der Waals surface area contributed by atoms with E-state index in [2.05, 4.69) is 20.6 Å². The fourth-order valence-corrected chi connectivity index (χ4v) is 2.00. The lowest BCUT2D eigenvalue weighted by Gasteiger charge is -2.09. The van der Waals surface area contributed by atoms with Crippen LogP contribution in [0, 0.1) is 18.6 Å². The second kappa shape index (κ2) is 6.39. The van der Waals surface area contributed by atoms with E-state index in [0.717, 1.165) is 17.8 Å². The number of anilines is 4. The molecule has 4 nitrogen and oxygen atoms in total. The molecule has 0 aliphatic carbocycles. The minimum atomic E-state index is -0.915. The minimum absolute atomic E-state index is 0.406. The first-order chi connectivity index (χ1) is 11.1. The van der Waals surface area contributed by atoms with Crippen molar-refractivity contribution in [2.75, 3.05) is 10.6 Å². The molecule has 2 N–H and O–H groups in total.